The zero-order chi connectivity index (χ0) is 34.0. The molecule has 0 saturated heterocycles. The van der Waals surface area contributed by atoms with Gasteiger partial charge in [0.15, 0.2) is 0 Å². The fraction of sp³-hybridized carbons (Fsp3) is 0.714. The van der Waals surface area contributed by atoms with Gasteiger partial charge in [0.1, 0.15) is 6.29 Å². The van der Waals surface area contributed by atoms with E-state index < -0.39 is 0 Å². The molecule has 1 atom stereocenters. The van der Waals surface area contributed by atoms with E-state index in [-0.39, 0.29) is 24.1 Å². The number of carbonyl (C=O) groups excluding carboxylic acids is 2. The van der Waals surface area contributed by atoms with Gasteiger partial charge in [-0.3, -0.25) is 4.79 Å². The Morgan fingerprint density at radius 1 is 0.830 bits per heavy atom. The maximum Gasteiger partial charge on any atom is 0.333 e. The summed E-state index contributed by atoms with van der Waals surface area (Å²) in [6, 6.07) is 9.95. The molecule has 1 aromatic rings. The number of hydrogen-bond acceptors (Lipinski definition) is 5. The first-order valence-corrected chi connectivity index (χ1v) is 18.9. The zero-order valence-corrected chi connectivity index (χ0v) is 30.1. The summed E-state index contributed by atoms with van der Waals surface area (Å²) in [5.41, 5.74) is 3.89. The van der Waals surface area contributed by atoms with Crippen molar-refractivity contribution in [3.05, 3.63) is 59.7 Å². The topological polar surface area (TPSA) is 72.8 Å². The zero-order valence-electron chi connectivity index (χ0n) is 30.1. The molecule has 1 N–H and O–H groups in total. The van der Waals surface area contributed by atoms with Crippen LogP contribution in [-0.2, 0) is 19.1 Å². The number of aldehydes is 1. The van der Waals surface area contributed by atoms with Crippen molar-refractivity contribution in [2.75, 3.05) is 26.9 Å². The first-order valence-electron chi connectivity index (χ1n) is 18.9. The van der Waals surface area contributed by atoms with Gasteiger partial charge in [-0.2, -0.15) is 0 Å². The Kier molecular flexibility index (Phi) is 18.1. The number of methoxy groups -OCH3 is 1. The highest BCUT2D eigenvalue weighted by atomic mass is 16.5. The molecule has 0 bridgehead atoms. The van der Waals surface area contributed by atoms with Gasteiger partial charge in [0.25, 0.3) is 0 Å². The highest BCUT2D eigenvalue weighted by Gasteiger charge is 2.32. The Morgan fingerprint density at radius 3 is 1.79 bits per heavy atom. The lowest BCUT2D eigenvalue weighted by Crippen LogP contribution is -2.27. The molecular formula is C42H66O5. The van der Waals surface area contributed by atoms with Gasteiger partial charge in [-0.25, -0.2) is 4.79 Å². The molecule has 0 heterocycles. The molecule has 0 aromatic heterocycles. The molecule has 0 radical (unpaired) electrons. The van der Waals surface area contributed by atoms with E-state index in [0.29, 0.717) is 25.1 Å². The Morgan fingerprint density at radius 2 is 1.34 bits per heavy atom. The molecule has 47 heavy (non-hydrogen) atoms. The van der Waals surface area contributed by atoms with Crippen LogP contribution in [0.2, 0.25) is 0 Å². The second-order valence-electron chi connectivity index (χ2n) is 15.1. The van der Waals surface area contributed by atoms with Crippen molar-refractivity contribution in [1.82, 2.24) is 0 Å². The van der Waals surface area contributed by atoms with Gasteiger partial charge < -0.3 is 14.6 Å². The predicted octanol–water partition coefficient (Wildman–Crippen LogP) is 10.1. The third-order valence-corrected chi connectivity index (χ3v) is 11.5. The maximum absolute atomic E-state index is 11.8. The molecule has 264 valence electrons. The standard InChI is InChI=1S/C38H60O3.C4H6O2/c1-5-6-7-8-29-9-13-32(14-10-29)34-17-21-36(22-18-34)37-23-19-35(20-24-37)33-15-11-30(12-16-33)25-31(26-40-4)27-41-38(39)28(2)3;1-4(2-5)3-6/h17-18,21-22,29-33,35,37H,2,5-16,19-20,23-27H2,1,3-4H3;2,6H,1,3H2. The SMILES string of the molecule is C=C(C)C(=O)OCC(COC)CC1CCC(C2CCC(c3ccc(C4CCC(CCCCC)CC4)cc3)CC2)CC1.C=C(C=O)CO. The molecule has 3 aliphatic rings. The Bertz CT molecular complexity index is 1050. The van der Waals surface area contributed by atoms with Gasteiger partial charge in [0, 0.05) is 24.2 Å². The first-order chi connectivity index (χ1) is 22.8. The molecule has 1 aromatic carbocycles. The average molecular weight is 651 g/mol. The van der Waals surface area contributed by atoms with Crippen LogP contribution in [0.15, 0.2) is 48.6 Å². The van der Waals surface area contributed by atoms with Crippen LogP contribution in [0.25, 0.3) is 0 Å². The van der Waals surface area contributed by atoms with E-state index in [1.807, 2.05) is 0 Å². The van der Waals surface area contributed by atoms with Gasteiger partial charge in [-0.05, 0) is 124 Å². The number of aliphatic hydroxyl groups is 1. The van der Waals surface area contributed by atoms with Crippen molar-refractivity contribution in [2.24, 2.45) is 29.6 Å². The Balaban J connectivity index is 0.000000913. The molecule has 4 rings (SSSR count). The average Bonchev–Trinajstić information content (AvgIpc) is 3.11. The van der Waals surface area contributed by atoms with Gasteiger partial charge in [-0.15, -0.1) is 0 Å². The maximum atomic E-state index is 11.8. The molecule has 3 aliphatic carbocycles. The number of rotatable bonds is 16. The van der Waals surface area contributed by atoms with Crippen molar-refractivity contribution in [3.8, 4) is 0 Å². The lowest BCUT2D eigenvalue weighted by Gasteiger charge is -2.38. The van der Waals surface area contributed by atoms with Crippen molar-refractivity contribution in [1.29, 1.82) is 0 Å². The highest BCUT2D eigenvalue weighted by Crippen LogP contribution is 2.45. The third kappa shape index (κ3) is 13.7. The number of benzene rings is 1. The molecule has 1 unspecified atom stereocenters. The van der Waals surface area contributed by atoms with E-state index in [1.165, 1.54) is 103 Å². The van der Waals surface area contributed by atoms with E-state index in [1.54, 1.807) is 25.2 Å². The minimum absolute atomic E-state index is 0.218. The van der Waals surface area contributed by atoms with Crippen molar-refractivity contribution in [2.45, 2.75) is 135 Å². The second kappa shape index (κ2) is 21.7. The summed E-state index contributed by atoms with van der Waals surface area (Å²) in [6.07, 6.45) is 23.9. The minimum Gasteiger partial charge on any atom is -0.462 e. The summed E-state index contributed by atoms with van der Waals surface area (Å²) in [6.45, 7) is 11.8. The van der Waals surface area contributed by atoms with Crippen LogP contribution in [0.3, 0.4) is 0 Å². The number of ether oxygens (including phenoxy) is 2. The van der Waals surface area contributed by atoms with Gasteiger partial charge >= 0.3 is 5.97 Å². The fourth-order valence-electron chi connectivity index (χ4n) is 8.57. The number of esters is 1. The van der Waals surface area contributed by atoms with Crippen molar-refractivity contribution < 1.29 is 24.2 Å². The van der Waals surface area contributed by atoms with E-state index >= 15 is 0 Å². The smallest absolute Gasteiger partial charge is 0.333 e. The van der Waals surface area contributed by atoms with E-state index in [2.05, 4.69) is 44.3 Å². The van der Waals surface area contributed by atoms with Crippen molar-refractivity contribution in [3.63, 3.8) is 0 Å². The first kappa shape index (κ1) is 39.2. The van der Waals surface area contributed by atoms with Crippen LogP contribution < -0.4 is 0 Å². The second-order valence-corrected chi connectivity index (χ2v) is 15.1. The lowest BCUT2D eigenvalue weighted by molar-refractivity contribution is -0.141. The summed E-state index contributed by atoms with van der Waals surface area (Å²) >= 11 is 0. The van der Waals surface area contributed by atoms with Gasteiger partial charge in [-0.1, -0.05) is 82.9 Å². The highest BCUT2D eigenvalue weighted by molar-refractivity contribution is 5.86. The van der Waals surface area contributed by atoms with Crippen LogP contribution in [-0.4, -0.2) is 44.3 Å². The number of unbranched alkanes of at least 4 members (excludes halogenated alkanes) is 2. The van der Waals surface area contributed by atoms with Crippen LogP contribution in [0.5, 0.6) is 0 Å². The number of hydrogen-bond donors (Lipinski definition) is 1. The molecule has 0 amide bonds. The molecule has 5 heteroatoms. The molecule has 5 nitrogen and oxygen atoms in total. The van der Waals surface area contributed by atoms with Crippen LogP contribution in [0.4, 0.5) is 0 Å². The lowest BCUT2D eigenvalue weighted by atomic mass is 9.67. The normalized spacial score (nSPS) is 26.7. The summed E-state index contributed by atoms with van der Waals surface area (Å²) in [5, 5.41) is 8.00. The predicted molar refractivity (Wildman–Crippen MR) is 193 cm³/mol. The van der Waals surface area contributed by atoms with Crippen LogP contribution >= 0.6 is 0 Å². The van der Waals surface area contributed by atoms with Crippen molar-refractivity contribution >= 4 is 12.3 Å². The molecular weight excluding hydrogens is 584 g/mol. The van der Waals surface area contributed by atoms with Gasteiger partial charge in [0.05, 0.1) is 19.8 Å². The molecule has 3 saturated carbocycles. The minimum atomic E-state index is -0.281. The fourth-order valence-corrected chi connectivity index (χ4v) is 8.57. The molecule has 0 spiro atoms. The largest absolute Gasteiger partial charge is 0.462 e. The van der Waals surface area contributed by atoms with Crippen LogP contribution in [0.1, 0.15) is 146 Å². The molecule has 3 fully saturated rings. The summed E-state index contributed by atoms with van der Waals surface area (Å²) in [7, 11) is 1.75. The van der Waals surface area contributed by atoms with E-state index in [0.717, 1.165) is 41.9 Å². The Labute approximate surface area is 287 Å². The summed E-state index contributed by atoms with van der Waals surface area (Å²) < 4.78 is 10.9. The number of aliphatic hydroxyl groups excluding tert-OH is 1. The van der Waals surface area contributed by atoms with E-state index in [9.17, 15) is 9.59 Å². The Hall–Kier alpha value is -2.24. The van der Waals surface area contributed by atoms with Gasteiger partial charge in [0.2, 0.25) is 0 Å². The monoisotopic (exact) mass is 650 g/mol. The van der Waals surface area contributed by atoms with E-state index in [4.69, 9.17) is 14.6 Å². The van der Waals surface area contributed by atoms with Crippen LogP contribution in [0, 0.1) is 29.6 Å². The quantitative estimate of drug-likeness (QED) is 0.0834. The third-order valence-electron chi connectivity index (χ3n) is 11.5. The summed E-state index contributed by atoms with van der Waals surface area (Å²) in [4.78, 5) is 21.3. The molecule has 0 aliphatic heterocycles. The number of carbonyl (C=O) groups is 2. The summed E-state index contributed by atoms with van der Waals surface area (Å²) in [5.74, 6) is 5.14.